The van der Waals surface area contributed by atoms with E-state index in [1.54, 1.807) is 13.3 Å². The summed E-state index contributed by atoms with van der Waals surface area (Å²) < 4.78 is 5.17. The van der Waals surface area contributed by atoms with Crippen LogP contribution in [0.4, 0.5) is 0 Å². The van der Waals surface area contributed by atoms with E-state index in [1.165, 1.54) is 5.56 Å². The smallest absolute Gasteiger partial charge is 0.0615 e. The van der Waals surface area contributed by atoms with Crippen molar-refractivity contribution < 1.29 is 4.74 Å². The zero-order chi connectivity index (χ0) is 10.9. The Balaban J connectivity index is 2.33. The number of ether oxygens (including phenoxy) is 1. The fourth-order valence-corrected chi connectivity index (χ4v) is 1.62. The van der Waals surface area contributed by atoms with E-state index < -0.39 is 0 Å². The van der Waals surface area contributed by atoms with E-state index in [1.807, 2.05) is 12.3 Å². The van der Waals surface area contributed by atoms with E-state index in [0.717, 1.165) is 26.0 Å². The fraction of sp³-hybridized carbons (Fsp3) is 0.583. The predicted molar refractivity (Wildman–Crippen MR) is 61.9 cm³/mol. The molecule has 84 valence electrons. The number of hydrogen-bond acceptors (Lipinski definition) is 3. The maximum absolute atomic E-state index is 5.17. The maximum Gasteiger partial charge on any atom is 0.0615 e. The normalized spacial score (nSPS) is 12.7. The molecule has 1 rings (SSSR count). The van der Waals surface area contributed by atoms with Crippen molar-refractivity contribution in [3.05, 3.63) is 30.1 Å². The second-order valence-electron chi connectivity index (χ2n) is 3.61. The van der Waals surface area contributed by atoms with Gasteiger partial charge < -0.3 is 10.1 Å². The number of nitrogens with zero attached hydrogens (tertiary/aromatic N) is 1. The predicted octanol–water partition coefficient (Wildman–Crippen LogP) is 1.64. The van der Waals surface area contributed by atoms with Gasteiger partial charge in [0.25, 0.3) is 0 Å². The highest BCUT2D eigenvalue weighted by molar-refractivity contribution is 5.08. The summed E-state index contributed by atoms with van der Waals surface area (Å²) in [5, 5.41) is 3.41. The first-order valence-corrected chi connectivity index (χ1v) is 5.48. The lowest BCUT2D eigenvalue weighted by molar-refractivity contribution is 0.163. The summed E-state index contributed by atoms with van der Waals surface area (Å²) in [6.45, 7) is 3.88. The molecule has 1 unspecified atom stereocenters. The molecular formula is C12H20N2O. The summed E-state index contributed by atoms with van der Waals surface area (Å²) in [4.78, 5) is 4.10. The van der Waals surface area contributed by atoms with Gasteiger partial charge in [0.1, 0.15) is 0 Å². The summed E-state index contributed by atoms with van der Waals surface area (Å²) in [5.41, 5.74) is 1.29. The minimum absolute atomic E-state index is 0.445. The van der Waals surface area contributed by atoms with Gasteiger partial charge in [-0.15, -0.1) is 0 Å². The van der Waals surface area contributed by atoms with Crippen LogP contribution in [-0.4, -0.2) is 31.3 Å². The van der Waals surface area contributed by atoms with E-state index in [2.05, 4.69) is 23.3 Å². The lowest BCUT2D eigenvalue weighted by Gasteiger charge is -2.16. The molecule has 0 saturated heterocycles. The van der Waals surface area contributed by atoms with E-state index >= 15 is 0 Å². The summed E-state index contributed by atoms with van der Waals surface area (Å²) in [6, 6.07) is 4.54. The van der Waals surface area contributed by atoms with Gasteiger partial charge in [0.15, 0.2) is 0 Å². The molecule has 0 aliphatic heterocycles. The zero-order valence-electron chi connectivity index (χ0n) is 9.57. The lowest BCUT2D eigenvalue weighted by atomic mass is 10.1. The Bertz CT molecular complexity index is 245. The van der Waals surface area contributed by atoms with Crippen LogP contribution in [0.5, 0.6) is 0 Å². The Hall–Kier alpha value is -0.930. The highest BCUT2D eigenvalue weighted by Crippen LogP contribution is 2.03. The second-order valence-corrected chi connectivity index (χ2v) is 3.61. The van der Waals surface area contributed by atoms with Crippen LogP contribution < -0.4 is 5.32 Å². The van der Waals surface area contributed by atoms with Gasteiger partial charge in [0.2, 0.25) is 0 Å². The largest absolute Gasteiger partial charge is 0.383 e. The summed E-state index contributed by atoms with van der Waals surface area (Å²) in [7, 11) is 1.74. The van der Waals surface area contributed by atoms with Gasteiger partial charge in [-0.05, 0) is 31.0 Å². The van der Waals surface area contributed by atoms with Gasteiger partial charge in [-0.3, -0.25) is 4.98 Å². The summed E-state index contributed by atoms with van der Waals surface area (Å²) in [5.74, 6) is 0. The average molecular weight is 208 g/mol. The van der Waals surface area contributed by atoms with Crippen LogP contribution in [0.2, 0.25) is 0 Å². The van der Waals surface area contributed by atoms with E-state index in [0.29, 0.717) is 6.04 Å². The van der Waals surface area contributed by atoms with Gasteiger partial charge in [-0.2, -0.15) is 0 Å². The van der Waals surface area contributed by atoms with Crippen molar-refractivity contribution in [2.75, 3.05) is 20.3 Å². The number of hydrogen-bond donors (Lipinski definition) is 1. The number of pyridine rings is 1. The Morgan fingerprint density at radius 2 is 2.40 bits per heavy atom. The van der Waals surface area contributed by atoms with E-state index in [9.17, 15) is 0 Å². The van der Waals surface area contributed by atoms with Crippen LogP contribution in [-0.2, 0) is 11.2 Å². The Kier molecular flexibility index (Phi) is 5.97. The highest BCUT2D eigenvalue weighted by Gasteiger charge is 2.06. The minimum atomic E-state index is 0.445. The molecule has 1 aromatic heterocycles. The zero-order valence-corrected chi connectivity index (χ0v) is 9.57. The number of aryl methyl sites for hydroxylation is 1. The Labute approximate surface area is 91.9 Å². The molecule has 0 spiro atoms. The van der Waals surface area contributed by atoms with Crippen molar-refractivity contribution in [3.8, 4) is 0 Å². The molecule has 0 radical (unpaired) electrons. The molecule has 15 heavy (non-hydrogen) atoms. The van der Waals surface area contributed by atoms with Crippen LogP contribution in [0, 0.1) is 0 Å². The minimum Gasteiger partial charge on any atom is -0.383 e. The van der Waals surface area contributed by atoms with Gasteiger partial charge in [-0.1, -0.05) is 13.0 Å². The number of rotatable bonds is 7. The van der Waals surface area contributed by atoms with Crippen molar-refractivity contribution in [1.29, 1.82) is 0 Å². The van der Waals surface area contributed by atoms with Crippen molar-refractivity contribution in [2.24, 2.45) is 0 Å². The SMILES string of the molecule is CCNC(CCc1cccnc1)COC. The first-order chi connectivity index (χ1) is 7.36. The van der Waals surface area contributed by atoms with Crippen molar-refractivity contribution in [3.63, 3.8) is 0 Å². The van der Waals surface area contributed by atoms with Crippen LogP contribution in [0.25, 0.3) is 0 Å². The molecule has 3 nitrogen and oxygen atoms in total. The third-order valence-corrected chi connectivity index (χ3v) is 2.36. The fourth-order valence-electron chi connectivity index (χ4n) is 1.62. The molecule has 1 aromatic rings. The third kappa shape index (κ3) is 4.91. The topological polar surface area (TPSA) is 34.2 Å². The first kappa shape index (κ1) is 12.1. The van der Waals surface area contributed by atoms with E-state index in [-0.39, 0.29) is 0 Å². The number of aromatic nitrogens is 1. The second kappa shape index (κ2) is 7.37. The molecule has 1 atom stereocenters. The molecule has 0 aliphatic rings. The molecule has 0 amide bonds. The number of methoxy groups -OCH3 is 1. The first-order valence-electron chi connectivity index (χ1n) is 5.48. The number of nitrogens with one attached hydrogen (secondary N) is 1. The summed E-state index contributed by atoms with van der Waals surface area (Å²) in [6.07, 6.45) is 5.87. The summed E-state index contributed by atoms with van der Waals surface area (Å²) >= 11 is 0. The van der Waals surface area contributed by atoms with Gasteiger partial charge in [0, 0.05) is 25.5 Å². The van der Waals surface area contributed by atoms with Crippen LogP contribution in [0.1, 0.15) is 18.9 Å². The van der Waals surface area contributed by atoms with Gasteiger partial charge in [-0.25, -0.2) is 0 Å². The average Bonchev–Trinajstić information content (AvgIpc) is 2.28. The molecule has 0 bridgehead atoms. The molecule has 1 N–H and O–H groups in total. The number of likely N-dealkylation sites (N-methyl/N-ethyl adjacent to an activating group) is 1. The van der Waals surface area contributed by atoms with Crippen LogP contribution >= 0.6 is 0 Å². The third-order valence-electron chi connectivity index (χ3n) is 2.36. The quantitative estimate of drug-likeness (QED) is 0.739. The van der Waals surface area contributed by atoms with E-state index in [4.69, 9.17) is 4.74 Å². The maximum atomic E-state index is 5.17. The van der Waals surface area contributed by atoms with Crippen LogP contribution in [0.15, 0.2) is 24.5 Å². The molecule has 0 aromatic carbocycles. The van der Waals surface area contributed by atoms with Crippen molar-refractivity contribution >= 4 is 0 Å². The van der Waals surface area contributed by atoms with Gasteiger partial charge in [0.05, 0.1) is 6.61 Å². The molecule has 0 fully saturated rings. The highest BCUT2D eigenvalue weighted by atomic mass is 16.5. The molecular weight excluding hydrogens is 188 g/mol. The molecule has 0 saturated carbocycles. The van der Waals surface area contributed by atoms with Crippen molar-refractivity contribution in [2.45, 2.75) is 25.8 Å². The van der Waals surface area contributed by atoms with Gasteiger partial charge >= 0.3 is 0 Å². The van der Waals surface area contributed by atoms with Crippen molar-refractivity contribution in [1.82, 2.24) is 10.3 Å². The molecule has 0 aliphatic carbocycles. The molecule has 3 heteroatoms. The Morgan fingerprint density at radius 3 is 3.00 bits per heavy atom. The Morgan fingerprint density at radius 1 is 1.53 bits per heavy atom. The monoisotopic (exact) mass is 208 g/mol. The lowest BCUT2D eigenvalue weighted by Crippen LogP contribution is -2.33. The standard InChI is InChI=1S/C12H20N2O/c1-3-14-12(10-15-2)7-6-11-5-4-8-13-9-11/h4-5,8-9,12,14H,3,6-7,10H2,1-2H3. The molecule has 1 heterocycles. The van der Waals surface area contributed by atoms with Crippen LogP contribution in [0.3, 0.4) is 0 Å².